The van der Waals surface area contributed by atoms with Crippen molar-refractivity contribution in [1.29, 1.82) is 0 Å². The Morgan fingerprint density at radius 2 is 2.10 bits per heavy atom. The number of benzene rings is 1. The molecule has 0 amide bonds. The highest BCUT2D eigenvalue weighted by molar-refractivity contribution is 5.62. The Kier molecular flexibility index (Phi) is 3.83. The minimum atomic E-state index is 0.747. The largest absolute Gasteiger partial charge is 0.360 e. The Balaban J connectivity index is 1.68. The first kappa shape index (κ1) is 13.6. The third-order valence-electron chi connectivity index (χ3n) is 3.31. The lowest BCUT2D eigenvalue weighted by Crippen LogP contribution is -2.16. The van der Waals surface area contributed by atoms with Gasteiger partial charge in [-0.15, -0.1) is 0 Å². The van der Waals surface area contributed by atoms with Crippen molar-refractivity contribution in [2.45, 2.75) is 20.0 Å². The van der Waals surface area contributed by atoms with Crippen LogP contribution in [0.2, 0.25) is 0 Å². The minimum Gasteiger partial charge on any atom is -0.360 e. The van der Waals surface area contributed by atoms with Gasteiger partial charge in [-0.1, -0.05) is 23.4 Å². The molecular formula is C16H18N4O. The fraction of sp³-hybridized carbons (Fsp3) is 0.250. The van der Waals surface area contributed by atoms with E-state index in [9.17, 15) is 0 Å². The molecule has 21 heavy (non-hydrogen) atoms. The van der Waals surface area contributed by atoms with E-state index >= 15 is 0 Å². The topological polar surface area (TPSA) is 58.0 Å². The van der Waals surface area contributed by atoms with Crippen LogP contribution in [0.4, 0.5) is 0 Å². The summed E-state index contributed by atoms with van der Waals surface area (Å²) in [6.45, 7) is 3.53. The fourth-order valence-electron chi connectivity index (χ4n) is 2.38. The number of hydrogen-bond acceptors (Lipinski definition) is 4. The second kappa shape index (κ2) is 5.93. The third kappa shape index (κ3) is 3.38. The summed E-state index contributed by atoms with van der Waals surface area (Å²) >= 11 is 0. The van der Waals surface area contributed by atoms with Crippen molar-refractivity contribution in [2.75, 3.05) is 7.05 Å². The van der Waals surface area contributed by atoms with E-state index in [1.54, 1.807) is 0 Å². The molecule has 0 saturated carbocycles. The van der Waals surface area contributed by atoms with Crippen LogP contribution in [0.3, 0.4) is 0 Å². The van der Waals surface area contributed by atoms with Gasteiger partial charge in [0.15, 0.2) is 5.76 Å². The number of nitrogens with one attached hydrogen (secondary N) is 1. The van der Waals surface area contributed by atoms with Gasteiger partial charge in [-0.3, -0.25) is 10.00 Å². The van der Waals surface area contributed by atoms with Gasteiger partial charge in [0.05, 0.1) is 18.4 Å². The minimum absolute atomic E-state index is 0.747. The maximum absolute atomic E-state index is 5.25. The smallest absolute Gasteiger partial charge is 0.150 e. The summed E-state index contributed by atoms with van der Waals surface area (Å²) in [6.07, 6.45) is 3.74. The molecule has 5 nitrogen and oxygen atoms in total. The molecule has 0 spiro atoms. The molecule has 0 atom stereocenters. The van der Waals surface area contributed by atoms with E-state index < -0.39 is 0 Å². The summed E-state index contributed by atoms with van der Waals surface area (Å²) < 4.78 is 5.25. The molecule has 1 N–H and O–H groups in total. The Morgan fingerprint density at radius 1 is 1.19 bits per heavy atom. The Bertz CT molecular complexity index is 703. The number of H-pyrrole nitrogens is 1. The van der Waals surface area contributed by atoms with Crippen molar-refractivity contribution < 1.29 is 4.52 Å². The zero-order chi connectivity index (χ0) is 14.7. The third-order valence-corrected chi connectivity index (χ3v) is 3.31. The zero-order valence-corrected chi connectivity index (χ0v) is 12.2. The van der Waals surface area contributed by atoms with E-state index in [2.05, 4.69) is 51.6 Å². The Hall–Kier alpha value is -2.40. The van der Waals surface area contributed by atoms with Gasteiger partial charge in [-0.2, -0.15) is 5.10 Å². The average molecular weight is 282 g/mol. The summed E-state index contributed by atoms with van der Waals surface area (Å²) in [5.74, 6) is 0.890. The van der Waals surface area contributed by atoms with Gasteiger partial charge in [-0.25, -0.2) is 0 Å². The highest BCUT2D eigenvalue weighted by atomic mass is 16.5. The average Bonchev–Trinajstić information content (AvgIpc) is 3.11. The van der Waals surface area contributed by atoms with E-state index in [-0.39, 0.29) is 0 Å². The van der Waals surface area contributed by atoms with Crippen LogP contribution in [-0.4, -0.2) is 27.3 Å². The summed E-state index contributed by atoms with van der Waals surface area (Å²) in [6, 6.07) is 10.5. The summed E-state index contributed by atoms with van der Waals surface area (Å²) in [5.41, 5.74) is 4.45. The zero-order valence-electron chi connectivity index (χ0n) is 12.2. The van der Waals surface area contributed by atoms with Crippen LogP contribution in [0.25, 0.3) is 11.1 Å². The van der Waals surface area contributed by atoms with E-state index in [4.69, 9.17) is 4.52 Å². The summed E-state index contributed by atoms with van der Waals surface area (Å²) in [5, 5.41) is 10.7. The number of nitrogens with zero attached hydrogens (tertiary/aromatic N) is 3. The van der Waals surface area contributed by atoms with Crippen LogP contribution >= 0.6 is 0 Å². The standard InChI is InChI=1S/C16H18N4O/c1-12-6-16(21-19-12)11-20(2)10-13-4-3-5-14(7-13)15-8-17-18-9-15/h3-9H,10-11H2,1-2H3,(H,17,18). The highest BCUT2D eigenvalue weighted by Gasteiger charge is 2.07. The molecule has 0 aliphatic carbocycles. The number of rotatable bonds is 5. The molecule has 3 aromatic rings. The molecule has 2 aromatic heterocycles. The van der Waals surface area contributed by atoms with E-state index in [0.717, 1.165) is 30.1 Å². The molecule has 0 bridgehead atoms. The van der Waals surface area contributed by atoms with Crippen LogP contribution in [0.15, 0.2) is 47.2 Å². The molecule has 3 rings (SSSR count). The van der Waals surface area contributed by atoms with Crippen LogP contribution in [0, 0.1) is 6.92 Å². The monoisotopic (exact) mass is 282 g/mol. The van der Waals surface area contributed by atoms with Crippen LogP contribution in [0.5, 0.6) is 0 Å². The van der Waals surface area contributed by atoms with E-state index in [1.807, 2.05) is 25.4 Å². The normalized spacial score (nSPS) is 11.2. The molecule has 0 radical (unpaired) electrons. The maximum Gasteiger partial charge on any atom is 0.150 e. The van der Waals surface area contributed by atoms with Gasteiger partial charge < -0.3 is 4.52 Å². The van der Waals surface area contributed by atoms with Gasteiger partial charge in [0.2, 0.25) is 0 Å². The Morgan fingerprint density at radius 3 is 2.81 bits per heavy atom. The first-order chi connectivity index (χ1) is 10.2. The number of hydrogen-bond donors (Lipinski definition) is 1. The predicted molar refractivity (Wildman–Crippen MR) is 80.4 cm³/mol. The predicted octanol–water partition coefficient (Wildman–Crippen LogP) is 3.01. The lowest BCUT2D eigenvalue weighted by atomic mass is 10.1. The Labute approximate surface area is 123 Å². The van der Waals surface area contributed by atoms with Gasteiger partial charge in [0.1, 0.15) is 0 Å². The number of aromatic amines is 1. The van der Waals surface area contributed by atoms with E-state index in [0.29, 0.717) is 0 Å². The summed E-state index contributed by atoms with van der Waals surface area (Å²) in [4.78, 5) is 2.20. The molecule has 0 aliphatic rings. The number of aromatic nitrogens is 3. The molecule has 0 fully saturated rings. The SMILES string of the molecule is Cc1cc(CN(C)Cc2cccc(-c3cn[nH]c3)c2)on1. The lowest BCUT2D eigenvalue weighted by molar-refractivity contribution is 0.266. The molecule has 1 aromatic carbocycles. The van der Waals surface area contributed by atoms with Crippen LogP contribution in [-0.2, 0) is 13.1 Å². The molecular weight excluding hydrogens is 264 g/mol. The van der Waals surface area contributed by atoms with Gasteiger partial charge in [-0.05, 0) is 31.2 Å². The first-order valence-electron chi connectivity index (χ1n) is 6.89. The molecule has 0 saturated heterocycles. The van der Waals surface area contributed by atoms with Crippen molar-refractivity contribution in [1.82, 2.24) is 20.3 Å². The summed E-state index contributed by atoms with van der Waals surface area (Å²) in [7, 11) is 2.07. The first-order valence-corrected chi connectivity index (χ1v) is 6.89. The second-order valence-corrected chi connectivity index (χ2v) is 5.29. The van der Waals surface area contributed by atoms with Crippen LogP contribution < -0.4 is 0 Å². The highest BCUT2D eigenvalue weighted by Crippen LogP contribution is 2.19. The van der Waals surface area contributed by atoms with Crippen LogP contribution in [0.1, 0.15) is 17.0 Å². The van der Waals surface area contributed by atoms with Crippen molar-refractivity contribution in [2.24, 2.45) is 0 Å². The number of aryl methyl sites for hydroxylation is 1. The van der Waals surface area contributed by atoms with E-state index in [1.165, 1.54) is 11.1 Å². The quantitative estimate of drug-likeness (QED) is 0.781. The lowest BCUT2D eigenvalue weighted by Gasteiger charge is -2.15. The second-order valence-electron chi connectivity index (χ2n) is 5.29. The van der Waals surface area contributed by atoms with Gasteiger partial charge in [0.25, 0.3) is 0 Å². The molecule has 0 aliphatic heterocycles. The maximum atomic E-state index is 5.25. The van der Waals surface area contributed by atoms with Crippen molar-refractivity contribution in [3.63, 3.8) is 0 Å². The van der Waals surface area contributed by atoms with Gasteiger partial charge in [0, 0.05) is 24.4 Å². The fourth-order valence-corrected chi connectivity index (χ4v) is 2.38. The van der Waals surface area contributed by atoms with Crippen molar-refractivity contribution >= 4 is 0 Å². The molecule has 0 unspecified atom stereocenters. The van der Waals surface area contributed by atoms with Gasteiger partial charge >= 0.3 is 0 Å². The molecule has 5 heteroatoms. The molecule has 2 heterocycles. The van der Waals surface area contributed by atoms with Crippen molar-refractivity contribution in [3.05, 3.63) is 59.7 Å². The van der Waals surface area contributed by atoms with Crippen molar-refractivity contribution in [3.8, 4) is 11.1 Å². The molecule has 108 valence electrons.